The highest BCUT2D eigenvalue weighted by Gasteiger charge is 2.06. The quantitative estimate of drug-likeness (QED) is 0.527. The van der Waals surface area contributed by atoms with Gasteiger partial charge in [0.15, 0.2) is 0 Å². The number of oxime groups is 1. The van der Waals surface area contributed by atoms with Gasteiger partial charge in [-0.2, -0.15) is 11.8 Å². The molecule has 2 nitrogen and oxygen atoms in total. The van der Waals surface area contributed by atoms with Gasteiger partial charge in [0.2, 0.25) is 0 Å². The smallest absolute Gasteiger partial charge is 0.106 e. The SMILES string of the molecule is CO/N=C(/CSCc1cccc(Cl)c1)c1ccc(Cl)cc1. The number of hydrogen-bond donors (Lipinski definition) is 0. The lowest BCUT2D eigenvalue weighted by atomic mass is 10.1. The Balaban J connectivity index is 1.98. The first-order valence-corrected chi connectivity index (χ1v) is 8.28. The predicted molar refractivity (Wildman–Crippen MR) is 92.6 cm³/mol. The molecule has 0 aromatic heterocycles. The second kappa shape index (κ2) is 8.32. The second-order valence-corrected chi connectivity index (χ2v) is 6.21. The third-order valence-corrected chi connectivity index (χ3v) is 4.28. The summed E-state index contributed by atoms with van der Waals surface area (Å²) in [5.41, 5.74) is 3.10. The summed E-state index contributed by atoms with van der Waals surface area (Å²) in [5.74, 6) is 1.62. The highest BCUT2D eigenvalue weighted by Crippen LogP contribution is 2.19. The minimum absolute atomic E-state index is 0.710. The molecule has 0 saturated carbocycles. The zero-order chi connectivity index (χ0) is 15.1. The molecular weight excluding hydrogens is 325 g/mol. The van der Waals surface area contributed by atoms with Gasteiger partial charge in [0.1, 0.15) is 7.11 Å². The van der Waals surface area contributed by atoms with Crippen LogP contribution >= 0.6 is 35.0 Å². The summed E-state index contributed by atoms with van der Waals surface area (Å²) in [6.45, 7) is 0. The fourth-order valence-electron chi connectivity index (χ4n) is 1.81. The van der Waals surface area contributed by atoms with Gasteiger partial charge in [-0.15, -0.1) is 0 Å². The Morgan fingerprint density at radius 2 is 1.86 bits per heavy atom. The van der Waals surface area contributed by atoms with Crippen LogP contribution in [-0.4, -0.2) is 18.6 Å². The van der Waals surface area contributed by atoms with Crippen molar-refractivity contribution in [3.63, 3.8) is 0 Å². The van der Waals surface area contributed by atoms with Gasteiger partial charge < -0.3 is 4.84 Å². The average Bonchev–Trinajstić information content (AvgIpc) is 2.47. The van der Waals surface area contributed by atoms with Gasteiger partial charge in [0.25, 0.3) is 0 Å². The van der Waals surface area contributed by atoms with Gasteiger partial charge >= 0.3 is 0 Å². The third kappa shape index (κ3) is 5.27. The Morgan fingerprint density at radius 1 is 1.10 bits per heavy atom. The van der Waals surface area contributed by atoms with Gasteiger partial charge in [-0.1, -0.05) is 52.6 Å². The summed E-state index contributed by atoms with van der Waals surface area (Å²) >= 11 is 13.6. The topological polar surface area (TPSA) is 21.6 Å². The molecule has 0 heterocycles. The molecule has 110 valence electrons. The Labute approximate surface area is 139 Å². The molecule has 0 N–H and O–H groups in total. The van der Waals surface area contributed by atoms with Gasteiger partial charge in [0.05, 0.1) is 5.71 Å². The Morgan fingerprint density at radius 3 is 2.52 bits per heavy atom. The lowest BCUT2D eigenvalue weighted by molar-refractivity contribution is 0.213. The van der Waals surface area contributed by atoms with Crippen LogP contribution in [0.4, 0.5) is 0 Å². The summed E-state index contributed by atoms with van der Waals surface area (Å²) in [5, 5.41) is 5.57. The molecule has 5 heteroatoms. The summed E-state index contributed by atoms with van der Waals surface area (Å²) < 4.78 is 0. The van der Waals surface area contributed by atoms with Crippen molar-refractivity contribution in [2.45, 2.75) is 5.75 Å². The van der Waals surface area contributed by atoms with Gasteiger partial charge in [-0.25, -0.2) is 0 Å². The summed E-state index contributed by atoms with van der Waals surface area (Å²) in [6, 6.07) is 15.5. The summed E-state index contributed by atoms with van der Waals surface area (Å²) in [7, 11) is 1.55. The summed E-state index contributed by atoms with van der Waals surface area (Å²) in [6.07, 6.45) is 0. The van der Waals surface area contributed by atoms with Crippen LogP contribution < -0.4 is 0 Å². The molecule has 0 saturated heterocycles. The zero-order valence-electron chi connectivity index (χ0n) is 11.6. The number of halogens is 2. The zero-order valence-corrected chi connectivity index (χ0v) is 13.9. The molecule has 2 aromatic rings. The standard InChI is InChI=1S/C16H15Cl2NOS/c1-20-19-16(13-5-7-14(17)8-6-13)11-21-10-12-3-2-4-15(18)9-12/h2-9H,10-11H2,1H3/b19-16-. The first kappa shape index (κ1) is 16.2. The molecule has 0 unspecified atom stereocenters. The Kier molecular flexibility index (Phi) is 6.43. The molecule has 0 aliphatic rings. The van der Waals surface area contributed by atoms with Gasteiger partial charge in [-0.05, 0) is 29.8 Å². The van der Waals surface area contributed by atoms with Crippen LogP contribution in [-0.2, 0) is 10.6 Å². The molecule has 0 spiro atoms. The predicted octanol–water partition coefficient (Wildman–Crippen LogP) is 5.28. The maximum Gasteiger partial charge on any atom is 0.106 e. The molecule has 0 amide bonds. The fraction of sp³-hybridized carbons (Fsp3) is 0.188. The first-order valence-electron chi connectivity index (χ1n) is 6.37. The van der Waals surface area contributed by atoms with Crippen LogP contribution in [0.3, 0.4) is 0 Å². The third-order valence-electron chi connectivity index (χ3n) is 2.78. The average molecular weight is 340 g/mol. The number of rotatable bonds is 6. The normalized spacial score (nSPS) is 11.5. The van der Waals surface area contributed by atoms with Crippen molar-refractivity contribution >= 4 is 40.7 Å². The second-order valence-electron chi connectivity index (χ2n) is 4.35. The van der Waals surface area contributed by atoms with Crippen molar-refractivity contribution in [2.24, 2.45) is 5.16 Å². The largest absolute Gasteiger partial charge is 0.399 e. The highest BCUT2D eigenvalue weighted by atomic mass is 35.5. The van der Waals surface area contributed by atoms with E-state index in [2.05, 4.69) is 11.2 Å². The minimum atomic E-state index is 0.710. The molecule has 0 bridgehead atoms. The van der Waals surface area contributed by atoms with Gasteiger partial charge in [-0.3, -0.25) is 0 Å². The van der Waals surface area contributed by atoms with Crippen molar-refractivity contribution in [3.05, 3.63) is 69.7 Å². The molecule has 0 aliphatic heterocycles. The Bertz CT molecular complexity index is 614. The number of benzene rings is 2. The van der Waals surface area contributed by atoms with E-state index in [0.29, 0.717) is 5.02 Å². The lowest BCUT2D eigenvalue weighted by Crippen LogP contribution is -2.05. The molecule has 2 aromatic carbocycles. The number of hydrogen-bond acceptors (Lipinski definition) is 3. The fourth-order valence-corrected chi connectivity index (χ4v) is 3.08. The lowest BCUT2D eigenvalue weighted by Gasteiger charge is -2.07. The molecule has 0 fully saturated rings. The molecule has 0 atom stereocenters. The molecular formula is C16H15Cl2NOS. The van der Waals surface area contributed by atoms with E-state index >= 15 is 0 Å². The highest BCUT2D eigenvalue weighted by molar-refractivity contribution is 7.99. The Hall–Kier alpha value is -1.16. The van der Waals surface area contributed by atoms with E-state index in [1.165, 1.54) is 5.56 Å². The van der Waals surface area contributed by atoms with Crippen molar-refractivity contribution in [1.82, 2.24) is 0 Å². The number of nitrogens with zero attached hydrogens (tertiary/aromatic N) is 1. The van der Waals surface area contributed by atoms with E-state index in [4.69, 9.17) is 28.0 Å². The molecule has 2 rings (SSSR count). The maximum absolute atomic E-state index is 5.98. The summed E-state index contributed by atoms with van der Waals surface area (Å²) in [4.78, 5) is 4.93. The van der Waals surface area contributed by atoms with E-state index in [1.807, 2.05) is 42.5 Å². The van der Waals surface area contributed by atoms with E-state index in [0.717, 1.165) is 27.8 Å². The van der Waals surface area contributed by atoms with Crippen molar-refractivity contribution < 1.29 is 4.84 Å². The van der Waals surface area contributed by atoms with Crippen LogP contribution in [0.25, 0.3) is 0 Å². The van der Waals surface area contributed by atoms with Crippen LogP contribution in [0, 0.1) is 0 Å². The van der Waals surface area contributed by atoms with Crippen LogP contribution in [0.2, 0.25) is 10.0 Å². The monoisotopic (exact) mass is 339 g/mol. The van der Waals surface area contributed by atoms with Crippen LogP contribution in [0.5, 0.6) is 0 Å². The van der Waals surface area contributed by atoms with Crippen molar-refractivity contribution in [3.8, 4) is 0 Å². The molecule has 0 radical (unpaired) electrons. The van der Waals surface area contributed by atoms with E-state index in [9.17, 15) is 0 Å². The minimum Gasteiger partial charge on any atom is -0.399 e. The van der Waals surface area contributed by atoms with Gasteiger partial charge in [0, 0.05) is 27.1 Å². The first-order chi connectivity index (χ1) is 10.2. The van der Waals surface area contributed by atoms with E-state index in [-0.39, 0.29) is 0 Å². The molecule has 21 heavy (non-hydrogen) atoms. The van der Waals surface area contributed by atoms with E-state index in [1.54, 1.807) is 18.9 Å². The van der Waals surface area contributed by atoms with Crippen LogP contribution in [0.15, 0.2) is 53.7 Å². The van der Waals surface area contributed by atoms with Crippen molar-refractivity contribution in [1.29, 1.82) is 0 Å². The van der Waals surface area contributed by atoms with Crippen molar-refractivity contribution in [2.75, 3.05) is 12.9 Å². The van der Waals surface area contributed by atoms with Crippen LogP contribution in [0.1, 0.15) is 11.1 Å². The maximum atomic E-state index is 5.98. The molecule has 0 aliphatic carbocycles. The van der Waals surface area contributed by atoms with E-state index < -0.39 is 0 Å². The number of thioether (sulfide) groups is 1.